The van der Waals surface area contributed by atoms with Gasteiger partial charge in [-0.2, -0.15) is 0 Å². The molecule has 0 aromatic carbocycles. The minimum Gasteiger partial charge on any atom is -0.391 e. The molecule has 196 valence electrons. The Morgan fingerprint density at radius 2 is 0.970 bits per heavy atom. The standard InChI is InChI=1S/C28H58N2O2Si/c1-15-25(7)19-23(21(5)27(9,17-3)29(25)11)31-33(13,14)32-24-20-26(8,16-2)30(12)28(10,18-4)22(24)6/h21-24H,15-20H2,1-14H3. The predicted octanol–water partition coefficient (Wildman–Crippen LogP) is 7.08. The summed E-state index contributed by atoms with van der Waals surface area (Å²) in [4.78, 5) is 5.30. The average molecular weight is 483 g/mol. The van der Waals surface area contributed by atoms with Crippen molar-refractivity contribution in [2.45, 2.75) is 155 Å². The van der Waals surface area contributed by atoms with E-state index in [1.165, 1.54) is 0 Å². The summed E-state index contributed by atoms with van der Waals surface area (Å²) in [6.45, 7) is 28.5. The lowest BCUT2D eigenvalue weighted by molar-refractivity contribution is -0.139. The summed E-state index contributed by atoms with van der Waals surface area (Å²) in [5, 5.41) is 0. The molecule has 0 spiro atoms. The number of piperidine rings is 2. The molecule has 33 heavy (non-hydrogen) atoms. The van der Waals surface area contributed by atoms with Crippen LogP contribution in [0.25, 0.3) is 0 Å². The van der Waals surface area contributed by atoms with Crippen molar-refractivity contribution >= 4 is 8.56 Å². The molecule has 2 aliphatic rings. The van der Waals surface area contributed by atoms with Crippen molar-refractivity contribution in [3.05, 3.63) is 0 Å². The Morgan fingerprint density at radius 3 is 1.21 bits per heavy atom. The van der Waals surface area contributed by atoms with Gasteiger partial charge in [-0.1, -0.05) is 41.5 Å². The van der Waals surface area contributed by atoms with Gasteiger partial charge in [0.05, 0.1) is 12.2 Å². The summed E-state index contributed by atoms with van der Waals surface area (Å²) < 4.78 is 14.2. The van der Waals surface area contributed by atoms with E-state index in [-0.39, 0.29) is 34.4 Å². The van der Waals surface area contributed by atoms with Crippen molar-refractivity contribution in [2.24, 2.45) is 11.8 Å². The van der Waals surface area contributed by atoms with Crippen molar-refractivity contribution in [1.29, 1.82) is 0 Å². The quantitative estimate of drug-likeness (QED) is 0.345. The van der Waals surface area contributed by atoms with Gasteiger partial charge in [-0.3, -0.25) is 9.80 Å². The van der Waals surface area contributed by atoms with Crippen LogP contribution in [0.3, 0.4) is 0 Å². The molecule has 4 nitrogen and oxygen atoms in total. The van der Waals surface area contributed by atoms with Crippen molar-refractivity contribution in [3.8, 4) is 0 Å². The lowest BCUT2D eigenvalue weighted by Gasteiger charge is -2.61. The van der Waals surface area contributed by atoms with Crippen LogP contribution in [0.1, 0.15) is 108 Å². The Morgan fingerprint density at radius 1 is 0.667 bits per heavy atom. The van der Waals surface area contributed by atoms with Gasteiger partial charge >= 0.3 is 8.56 Å². The lowest BCUT2D eigenvalue weighted by Crippen LogP contribution is -2.69. The molecule has 8 atom stereocenters. The third-order valence-electron chi connectivity index (χ3n) is 11.3. The maximum Gasteiger partial charge on any atom is 0.332 e. The number of likely N-dealkylation sites (tertiary alicyclic amines) is 2. The first kappa shape index (κ1) is 29.3. The topological polar surface area (TPSA) is 24.9 Å². The van der Waals surface area contributed by atoms with E-state index in [9.17, 15) is 0 Å². The Hall–Kier alpha value is 0.0569. The van der Waals surface area contributed by atoms with E-state index in [0.29, 0.717) is 11.8 Å². The summed E-state index contributed by atoms with van der Waals surface area (Å²) in [6.07, 6.45) is 7.22. The van der Waals surface area contributed by atoms with Crippen LogP contribution in [0.5, 0.6) is 0 Å². The largest absolute Gasteiger partial charge is 0.391 e. The highest BCUT2D eigenvalue weighted by Gasteiger charge is 2.55. The normalized spacial score (nSPS) is 46.0. The number of rotatable bonds is 8. The molecule has 0 radical (unpaired) electrons. The maximum atomic E-state index is 7.09. The van der Waals surface area contributed by atoms with E-state index in [1.54, 1.807) is 0 Å². The van der Waals surface area contributed by atoms with Crippen LogP contribution in [-0.2, 0) is 8.85 Å². The second kappa shape index (κ2) is 9.84. The van der Waals surface area contributed by atoms with Gasteiger partial charge in [0.15, 0.2) is 0 Å². The van der Waals surface area contributed by atoms with Gasteiger partial charge in [0.25, 0.3) is 0 Å². The minimum absolute atomic E-state index is 0.139. The lowest BCUT2D eigenvalue weighted by atomic mass is 9.68. The number of hydrogen-bond donors (Lipinski definition) is 0. The Kier molecular flexibility index (Phi) is 8.73. The van der Waals surface area contributed by atoms with E-state index in [2.05, 4.69) is 106 Å². The van der Waals surface area contributed by atoms with E-state index in [0.717, 1.165) is 38.5 Å². The molecule has 0 amide bonds. The molecule has 2 heterocycles. The molecule has 8 unspecified atom stereocenters. The van der Waals surface area contributed by atoms with Gasteiger partial charge in [-0.05, 0) is 105 Å². The summed E-state index contributed by atoms with van der Waals surface area (Å²) in [5.74, 6) is 0.943. The molecule has 0 aliphatic carbocycles. The third kappa shape index (κ3) is 5.01. The summed E-state index contributed by atoms with van der Waals surface area (Å²) in [7, 11) is 2.32. The predicted molar refractivity (Wildman–Crippen MR) is 145 cm³/mol. The molecule has 2 rings (SSSR count). The zero-order valence-electron chi connectivity index (χ0n) is 24.8. The average Bonchev–Trinajstić information content (AvgIpc) is 2.77. The molecular weight excluding hydrogens is 424 g/mol. The molecule has 0 bridgehead atoms. The fourth-order valence-corrected chi connectivity index (χ4v) is 9.15. The summed E-state index contributed by atoms with van der Waals surface area (Å²) >= 11 is 0. The first-order valence-electron chi connectivity index (χ1n) is 13.8. The third-order valence-corrected chi connectivity index (χ3v) is 13.1. The van der Waals surface area contributed by atoms with Crippen LogP contribution in [0.15, 0.2) is 0 Å². The fourth-order valence-electron chi connectivity index (χ4n) is 7.06. The fraction of sp³-hybridized carbons (Fsp3) is 1.00. The molecule has 2 saturated heterocycles. The van der Waals surface area contributed by atoms with Crippen molar-refractivity contribution in [1.82, 2.24) is 9.80 Å². The highest BCUT2D eigenvalue weighted by Crippen LogP contribution is 2.48. The molecule has 0 N–H and O–H groups in total. The molecule has 2 aliphatic heterocycles. The highest BCUT2D eigenvalue weighted by atomic mass is 28.4. The second-order valence-electron chi connectivity index (χ2n) is 12.9. The Labute approximate surface area is 208 Å². The van der Waals surface area contributed by atoms with Gasteiger partial charge in [0.1, 0.15) is 0 Å². The summed E-state index contributed by atoms with van der Waals surface area (Å²) in [6, 6.07) is 0. The maximum absolute atomic E-state index is 7.09. The minimum atomic E-state index is -2.34. The highest BCUT2D eigenvalue weighted by molar-refractivity contribution is 6.64. The molecule has 0 aromatic rings. The molecule has 0 saturated carbocycles. The van der Waals surface area contributed by atoms with Crippen LogP contribution < -0.4 is 0 Å². The smallest absolute Gasteiger partial charge is 0.332 e. The van der Waals surface area contributed by atoms with Crippen LogP contribution in [0.4, 0.5) is 0 Å². The van der Waals surface area contributed by atoms with Gasteiger partial charge in [0.2, 0.25) is 0 Å². The zero-order valence-corrected chi connectivity index (χ0v) is 25.8. The SMILES string of the molecule is CCC1(C)CC(O[Si](C)(C)OC2CC(C)(CC)N(C)C(C)(CC)C2C)C(C)C(C)(CC)N1C. The number of hydrogen-bond acceptors (Lipinski definition) is 4. The molecule has 2 fully saturated rings. The van der Waals surface area contributed by atoms with E-state index >= 15 is 0 Å². The van der Waals surface area contributed by atoms with E-state index in [4.69, 9.17) is 8.85 Å². The first-order chi connectivity index (χ1) is 15.0. The first-order valence-corrected chi connectivity index (χ1v) is 16.6. The zero-order chi connectivity index (χ0) is 25.6. The second-order valence-corrected chi connectivity index (χ2v) is 16.2. The number of nitrogens with zero attached hydrogens (tertiary/aromatic N) is 2. The van der Waals surface area contributed by atoms with Crippen LogP contribution in [0, 0.1) is 11.8 Å². The van der Waals surface area contributed by atoms with Crippen molar-refractivity contribution in [3.63, 3.8) is 0 Å². The Balaban J connectivity index is 2.29. The van der Waals surface area contributed by atoms with E-state index < -0.39 is 8.56 Å². The van der Waals surface area contributed by atoms with Crippen molar-refractivity contribution in [2.75, 3.05) is 14.1 Å². The van der Waals surface area contributed by atoms with Gasteiger partial charge in [0, 0.05) is 22.2 Å². The monoisotopic (exact) mass is 482 g/mol. The van der Waals surface area contributed by atoms with Crippen LogP contribution >= 0.6 is 0 Å². The molecule has 5 heteroatoms. The van der Waals surface area contributed by atoms with Crippen LogP contribution in [0.2, 0.25) is 13.1 Å². The molecular formula is C28H58N2O2Si. The van der Waals surface area contributed by atoms with Gasteiger partial charge in [-0.25, -0.2) is 0 Å². The van der Waals surface area contributed by atoms with Crippen molar-refractivity contribution < 1.29 is 8.85 Å². The van der Waals surface area contributed by atoms with Gasteiger partial charge < -0.3 is 8.85 Å². The van der Waals surface area contributed by atoms with Crippen LogP contribution in [-0.4, -0.2) is 66.8 Å². The Bertz CT molecular complexity index is 620. The molecule has 0 aromatic heterocycles. The van der Waals surface area contributed by atoms with Gasteiger partial charge in [-0.15, -0.1) is 0 Å². The summed E-state index contributed by atoms with van der Waals surface area (Å²) in [5.41, 5.74) is 0.602. The van der Waals surface area contributed by atoms with E-state index in [1.807, 2.05) is 0 Å².